The predicted octanol–water partition coefficient (Wildman–Crippen LogP) is 5.12. The fraction of sp³-hybridized carbons (Fsp3) is 0.429. The molecule has 1 amide bonds. The smallest absolute Gasteiger partial charge is 0.261 e. The van der Waals surface area contributed by atoms with Crippen molar-refractivity contribution in [2.45, 2.75) is 78.1 Å². The molecule has 0 saturated carbocycles. The van der Waals surface area contributed by atoms with Crippen molar-refractivity contribution in [2.75, 3.05) is 18.6 Å². The first-order valence-electron chi connectivity index (χ1n) is 14.9. The number of amides is 1. The van der Waals surface area contributed by atoms with Crippen molar-refractivity contribution in [2.24, 2.45) is 5.92 Å². The normalized spacial score (nSPS) is 18.5. The number of carbonyl (C=O) groups is 2. The molecule has 42 heavy (non-hydrogen) atoms. The van der Waals surface area contributed by atoms with E-state index in [1.807, 2.05) is 36.2 Å². The first kappa shape index (κ1) is 31.5. The van der Waals surface area contributed by atoms with Crippen LogP contribution in [0.1, 0.15) is 54.0 Å². The molecule has 3 atom stereocenters. The van der Waals surface area contributed by atoms with Crippen molar-refractivity contribution in [3.05, 3.63) is 84.4 Å². The monoisotopic (exact) mass is 586 g/mol. The number of nitrogens with zero attached hydrogens (tertiary/aromatic N) is 1. The zero-order valence-corrected chi connectivity index (χ0v) is 27.3. The molecule has 0 radical (unpaired) electrons. The first-order chi connectivity index (χ1) is 19.8. The van der Waals surface area contributed by atoms with E-state index in [0.29, 0.717) is 18.8 Å². The van der Waals surface area contributed by atoms with Crippen LogP contribution in [0.25, 0.3) is 0 Å². The van der Waals surface area contributed by atoms with Crippen LogP contribution >= 0.6 is 0 Å². The van der Waals surface area contributed by atoms with E-state index in [1.54, 1.807) is 6.92 Å². The van der Waals surface area contributed by atoms with Crippen molar-refractivity contribution in [1.29, 1.82) is 0 Å². The van der Waals surface area contributed by atoms with E-state index in [-0.39, 0.29) is 34.7 Å². The van der Waals surface area contributed by atoms with Crippen LogP contribution in [0.3, 0.4) is 0 Å². The highest BCUT2D eigenvalue weighted by atomic mass is 28.4. The highest BCUT2D eigenvalue weighted by Crippen LogP contribution is 2.37. The molecule has 1 aliphatic rings. The molecule has 6 nitrogen and oxygen atoms in total. The molecule has 1 unspecified atom stereocenters. The summed E-state index contributed by atoms with van der Waals surface area (Å²) in [7, 11) is -0.821. The van der Waals surface area contributed by atoms with Gasteiger partial charge in [0.05, 0.1) is 12.6 Å². The Morgan fingerprint density at radius 3 is 2.05 bits per heavy atom. The number of anilines is 1. The standard InChI is InChI=1S/C35H46N2O4Si/c1-24(2)33-34(39)36-28(21-27-19-20-29(22-32(27)37(33)8)41-26(4)25(3)38)23-40-42(35(5,6)7,30-15-11-9-12-16-30)31-17-13-10-14-18-31/h9-20,22,24,26,28,33H,21,23H2,1-8H3,(H,36,39)/t26?,28-,33-/m0/s1. The van der Waals surface area contributed by atoms with E-state index < -0.39 is 14.4 Å². The average molecular weight is 587 g/mol. The van der Waals surface area contributed by atoms with Crippen LogP contribution in [0, 0.1) is 5.92 Å². The van der Waals surface area contributed by atoms with Gasteiger partial charge in [-0.2, -0.15) is 0 Å². The molecule has 0 saturated heterocycles. The Morgan fingerprint density at radius 2 is 1.55 bits per heavy atom. The molecule has 0 aliphatic carbocycles. The van der Waals surface area contributed by atoms with E-state index in [1.165, 1.54) is 17.3 Å². The maximum Gasteiger partial charge on any atom is 0.261 e. The third-order valence-corrected chi connectivity index (χ3v) is 13.4. The number of hydrogen-bond donors (Lipinski definition) is 1. The summed E-state index contributed by atoms with van der Waals surface area (Å²) >= 11 is 0. The second kappa shape index (κ2) is 12.8. The van der Waals surface area contributed by atoms with Crippen molar-refractivity contribution in [3.63, 3.8) is 0 Å². The minimum Gasteiger partial charge on any atom is -0.483 e. The van der Waals surface area contributed by atoms with Crippen molar-refractivity contribution in [3.8, 4) is 5.75 Å². The van der Waals surface area contributed by atoms with Gasteiger partial charge in [-0.15, -0.1) is 0 Å². The summed E-state index contributed by atoms with van der Waals surface area (Å²) in [5.41, 5.74) is 2.04. The van der Waals surface area contributed by atoms with Gasteiger partial charge in [0.25, 0.3) is 8.32 Å². The maximum absolute atomic E-state index is 13.8. The van der Waals surface area contributed by atoms with Crippen LogP contribution in [0.5, 0.6) is 5.75 Å². The Kier molecular flexibility index (Phi) is 9.63. The highest BCUT2D eigenvalue weighted by molar-refractivity contribution is 6.99. The summed E-state index contributed by atoms with van der Waals surface area (Å²) < 4.78 is 13.2. The molecular formula is C35H46N2O4Si. The van der Waals surface area contributed by atoms with Crippen LogP contribution in [-0.2, 0) is 20.4 Å². The summed E-state index contributed by atoms with van der Waals surface area (Å²) in [4.78, 5) is 27.7. The number of benzene rings is 3. The molecule has 0 aromatic heterocycles. The zero-order chi connectivity index (χ0) is 30.7. The van der Waals surface area contributed by atoms with Gasteiger partial charge in [-0.3, -0.25) is 9.59 Å². The quantitative estimate of drug-likeness (QED) is 0.353. The fourth-order valence-corrected chi connectivity index (χ4v) is 10.8. The van der Waals surface area contributed by atoms with E-state index >= 15 is 0 Å². The predicted molar refractivity (Wildman–Crippen MR) is 173 cm³/mol. The molecule has 224 valence electrons. The van der Waals surface area contributed by atoms with Gasteiger partial charge in [0, 0.05) is 18.8 Å². The van der Waals surface area contributed by atoms with Crippen LogP contribution < -0.4 is 25.3 Å². The molecule has 1 N–H and O–H groups in total. The topological polar surface area (TPSA) is 67.9 Å². The minimum absolute atomic E-state index is 0.0161. The summed E-state index contributed by atoms with van der Waals surface area (Å²) in [5, 5.41) is 5.61. The zero-order valence-electron chi connectivity index (χ0n) is 26.3. The molecule has 0 fully saturated rings. The summed E-state index contributed by atoms with van der Waals surface area (Å²) in [6.07, 6.45) is 0.0652. The fourth-order valence-electron chi connectivity index (χ4n) is 6.17. The lowest BCUT2D eigenvalue weighted by atomic mass is 9.95. The number of rotatable bonds is 9. The number of nitrogens with one attached hydrogen (secondary N) is 1. The number of Topliss-reactive ketones (excluding diaryl/α,β-unsaturated/α-hetero) is 1. The van der Waals surface area contributed by atoms with E-state index in [2.05, 4.69) is 94.5 Å². The van der Waals surface area contributed by atoms with E-state index in [0.717, 1.165) is 11.3 Å². The second-order valence-corrected chi connectivity index (χ2v) is 17.2. The summed E-state index contributed by atoms with van der Waals surface area (Å²) in [6, 6.07) is 26.5. The Morgan fingerprint density at radius 1 is 0.976 bits per heavy atom. The van der Waals surface area contributed by atoms with Gasteiger partial charge in [-0.05, 0) is 53.2 Å². The summed E-state index contributed by atoms with van der Waals surface area (Å²) in [5.74, 6) is 0.638. The molecule has 3 aromatic carbocycles. The van der Waals surface area contributed by atoms with Gasteiger partial charge in [0.15, 0.2) is 11.9 Å². The van der Waals surface area contributed by atoms with Gasteiger partial charge in [0.2, 0.25) is 5.91 Å². The molecule has 1 heterocycles. The lowest BCUT2D eigenvalue weighted by Gasteiger charge is -2.44. The highest BCUT2D eigenvalue weighted by Gasteiger charge is 2.50. The molecule has 3 aromatic rings. The maximum atomic E-state index is 13.8. The number of ether oxygens (including phenoxy) is 1. The number of carbonyl (C=O) groups excluding carboxylic acids is 2. The molecule has 0 bridgehead atoms. The minimum atomic E-state index is -2.78. The van der Waals surface area contributed by atoms with Crippen LogP contribution in [0.2, 0.25) is 5.04 Å². The van der Waals surface area contributed by atoms with Crippen molar-refractivity contribution >= 4 is 36.1 Å². The Bertz CT molecular complexity index is 1330. The van der Waals surface area contributed by atoms with Gasteiger partial charge >= 0.3 is 0 Å². The van der Waals surface area contributed by atoms with Gasteiger partial charge in [-0.25, -0.2) is 0 Å². The van der Waals surface area contributed by atoms with E-state index in [9.17, 15) is 9.59 Å². The van der Waals surface area contributed by atoms with Crippen molar-refractivity contribution in [1.82, 2.24) is 5.32 Å². The summed E-state index contributed by atoms with van der Waals surface area (Å²) in [6.45, 7) is 14.6. The molecule has 4 rings (SSSR count). The molecule has 1 aliphatic heterocycles. The first-order valence-corrected chi connectivity index (χ1v) is 16.8. The number of ketones is 1. The van der Waals surface area contributed by atoms with Gasteiger partial charge < -0.3 is 19.4 Å². The lowest BCUT2D eigenvalue weighted by Crippen LogP contribution is -2.67. The number of likely N-dealkylation sites (N-methyl/N-ethyl adjacent to an activating group) is 1. The molecule has 0 spiro atoms. The van der Waals surface area contributed by atoms with Gasteiger partial charge in [0.1, 0.15) is 11.8 Å². The number of fused-ring (bicyclic) bond motifs is 1. The Labute approximate surface area is 252 Å². The average Bonchev–Trinajstić information content (AvgIpc) is 2.93. The van der Waals surface area contributed by atoms with Crippen LogP contribution in [0.4, 0.5) is 5.69 Å². The van der Waals surface area contributed by atoms with Crippen molar-refractivity contribution < 1.29 is 18.8 Å². The second-order valence-electron chi connectivity index (χ2n) is 12.8. The third kappa shape index (κ3) is 6.47. The Balaban J connectivity index is 1.74. The molecule has 7 heteroatoms. The lowest BCUT2D eigenvalue weighted by molar-refractivity contribution is -0.124. The Hall–Kier alpha value is -3.42. The van der Waals surface area contributed by atoms with Gasteiger partial charge in [-0.1, -0.05) is 101 Å². The van der Waals surface area contributed by atoms with Crippen LogP contribution in [-0.4, -0.2) is 51.9 Å². The largest absolute Gasteiger partial charge is 0.483 e. The third-order valence-electron chi connectivity index (χ3n) is 8.37. The molecular weight excluding hydrogens is 540 g/mol. The SMILES string of the molecule is CC(=O)C(C)Oc1ccc2c(c1)N(C)[C@@H](C(C)C)C(=O)N[C@H](CO[Si](c1ccccc1)(c1ccccc1)C(C)(C)C)C2. The van der Waals surface area contributed by atoms with E-state index in [4.69, 9.17) is 9.16 Å². The number of hydrogen-bond acceptors (Lipinski definition) is 5. The van der Waals surface area contributed by atoms with Crippen LogP contribution in [0.15, 0.2) is 78.9 Å².